The van der Waals surface area contributed by atoms with E-state index in [2.05, 4.69) is 70.6 Å². The van der Waals surface area contributed by atoms with Crippen LogP contribution in [0.25, 0.3) is 0 Å². The molecule has 0 saturated heterocycles. The Morgan fingerprint density at radius 1 is 0.533 bits per heavy atom. The Morgan fingerprint density at radius 3 is 1.38 bits per heavy atom. The number of aromatic hydroxyl groups is 3. The first-order valence-corrected chi connectivity index (χ1v) is 21.2. The van der Waals surface area contributed by atoms with Gasteiger partial charge in [-0.1, -0.05) is 107 Å². The minimum Gasteiger partial charge on any atom is -0.508 e. The molecule has 5 aromatic carbocycles. The van der Waals surface area contributed by atoms with Crippen LogP contribution in [0.5, 0.6) is 17.2 Å². The molecule has 0 radical (unpaired) electrons. The number of aldehydes is 3. The molecule has 0 fully saturated rings. The molecule has 2 amide bonds. The van der Waals surface area contributed by atoms with Crippen LogP contribution in [0.4, 0.5) is 0 Å². The predicted octanol–water partition coefficient (Wildman–Crippen LogP) is 11.3. The smallest absolute Gasteiger partial charge is 0.219 e. The molecule has 0 aliphatic carbocycles. The molecule has 3 N–H and O–H groups in total. The van der Waals surface area contributed by atoms with E-state index in [9.17, 15) is 29.1 Å². The topological polar surface area (TPSA) is 153 Å². The van der Waals surface area contributed by atoms with Crippen LogP contribution in [-0.4, -0.2) is 69.9 Å². The van der Waals surface area contributed by atoms with Crippen molar-refractivity contribution in [2.24, 2.45) is 0 Å². The van der Waals surface area contributed by atoms with Crippen LogP contribution in [0.15, 0.2) is 121 Å². The van der Waals surface area contributed by atoms with Gasteiger partial charge in [0.25, 0.3) is 0 Å². The number of nitrogens with zero attached hydrogens (tertiary/aromatic N) is 2. The first kappa shape index (κ1) is 56.0. The van der Waals surface area contributed by atoms with Crippen molar-refractivity contribution in [3.05, 3.63) is 154 Å². The Morgan fingerprint density at radius 2 is 0.950 bits per heavy atom. The van der Waals surface area contributed by atoms with Gasteiger partial charge in [0.2, 0.25) is 11.8 Å². The van der Waals surface area contributed by atoms with E-state index in [1.54, 1.807) is 67.2 Å². The number of hydrogen-bond acceptors (Lipinski definition) is 8. The Kier molecular flexibility index (Phi) is 28.9. The third-order valence-corrected chi connectivity index (χ3v) is 9.60. The number of hydrogen-bond donors (Lipinski definition) is 3. The summed E-state index contributed by atoms with van der Waals surface area (Å²) >= 11 is 13.0. The van der Waals surface area contributed by atoms with Gasteiger partial charge in [-0.05, 0) is 102 Å². The number of unbranched alkanes of at least 4 members (excludes halogenated alkanes) is 1. The van der Waals surface area contributed by atoms with Crippen molar-refractivity contribution >= 4 is 94.4 Å². The first-order valence-electron chi connectivity index (χ1n) is 18.0. The van der Waals surface area contributed by atoms with Gasteiger partial charge in [-0.25, -0.2) is 0 Å². The molecule has 0 aliphatic heterocycles. The van der Waals surface area contributed by atoms with E-state index in [0.717, 1.165) is 61.9 Å². The Hall–Kier alpha value is -3.97. The fourth-order valence-corrected chi connectivity index (χ4v) is 6.88. The summed E-state index contributed by atoms with van der Waals surface area (Å²) in [5.74, 6) is 0.630. The van der Waals surface area contributed by atoms with E-state index in [1.165, 1.54) is 25.1 Å². The van der Waals surface area contributed by atoms with Crippen LogP contribution >= 0.6 is 63.7 Å². The van der Waals surface area contributed by atoms with E-state index < -0.39 is 0 Å². The zero-order valence-electron chi connectivity index (χ0n) is 33.7. The monoisotopic (exact) mass is 1170 g/mol. The second-order valence-electron chi connectivity index (χ2n) is 12.9. The van der Waals surface area contributed by atoms with Crippen LogP contribution in [-0.2, 0) is 49.5 Å². The number of amides is 2. The molecule has 15 heteroatoms. The largest absolute Gasteiger partial charge is 0.508 e. The van der Waals surface area contributed by atoms with Crippen molar-refractivity contribution in [3.8, 4) is 17.2 Å². The molecule has 324 valence electrons. The van der Waals surface area contributed by atoms with Gasteiger partial charge in [0.15, 0.2) is 0 Å². The fraction of sp³-hybridized carbons (Fsp3) is 0.222. The van der Waals surface area contributed by atoms with Gasteiger partial charge >= 0.3 is 0 Å². The number of carbonyl (C=O) groups is 5. The summed E-state index contributed by atoms with van der Waals surface area (Å²) in [6.45, 7) is 6.40. The summed E-state index contributed by atoms with van der Waals surface area (Å²) in [7, 11) is 3.53. The maximum Gasteiger partial charge on any atom is 0.219 e. The molecule has 0 heterocycles. The van der Waals surface area contributed by atoms with Crippen molar-refractivity contribution in [1.29, 1.82) is 0 Å². The molecule has 0 saturated carbocycles. The number of phenols is 3. The van der Waals surface area contributed by atoms with Crippen molar-refractivity contribution in [2.45, 2.75) is 53.1 Å². The van der Waals surface area contributed by atoms with E-state index in [4.69, 9.17) is 10.2 Å². The second-order valence-corrected chi connectivity index (χ2v) is 16.5. The molecule has 0 unspecified atom stereocenters. The Labute approximate surface area is 399 Å². The summed E-state index contributed by atoms with van der Waals surface area (Å²) in [5.41, 5.74) is 4.78. The quantitative estimate of drug-likeness (QED) is 0.0923. The number of benzene rings is 5. The van der Waals surface area contributed by atoms with Crippen molar-refractivity contribution in [3.63, 3.8) is 0 Å². The summed E-state index contributed by atoms with van der Waals surface area (Å²) in [4.78, 5) is 56.3. The average molecular weight is 1170 g/mol. The van der Waals surface area contributed by atoms with Gasteiger partial charge in [0.1, 0.15) is 36.1 Å². The SMILES string of the molecule is CC(=O)N(C)Cc1cccc(Br)c1.CC(=O)N(C)Cc1cccc(C=O)c1.CCCCc1cc(O)cc(C=O)c1.O=Cc1cc(O)cc(Br)c1.Oc1cc(Br)cc(Br)c1.[Pd]. The molecule has 5 rings (SSSR count). The van der Waals surface area contributed by atoms with E-state index in [1.807, 2.05) is 48.5 Å². The molecule has 5 aromatic rings. The number of halogens is 4. The number of carbonyl (C=O) groups excluding carboxylic acids is 5. The van der Waals surface area contributed by atoms with E-state index >= 15 is 0 Å². The van der Waals surface area contributed by atoms with Crippen LogP contribution in [0, 0.1) is 0 Å². The fourth-order valence-electron chi connectivity index (χ4n) is 4.67. The standard InChI is InChI=1S/C11H13NO2.C11H14O2.C10H12BrNO.C7H5BrO2.C6H4Br2O.Pd/c1-9(14)12(2)7-10-4-3-5-11(6-10)8-13;1-2-3-4-9-5-10(8-12)7-11(13)6-9;1-8(13)12(2)7-9-4-3-5-10(11)6-9;8-6-1-5(4-9)2-7(10)3-6;7-4-1-5(8)3-6(9)2-4;/h3-6,8H,7H2,1-2H3;5-8,13H,2-4H2,1H3;3-6H,7H2,1-2H3;1-4,10H;1-3,9H;. The van der Waals surface area contributed by atoms with Crippen LogP contribution in [0.1, 0.15) is 81.4 Å². The van der Waals surface area contributed by atoms with E-state index in [0.29, 0.717) is 40.5 Å². The van der Waals surface area contributed by atoms with Crippen LogP contribution < -0.4 is 0 Å². The molecule has 0 aromatic heterocycles. The molecule has 0 aliphatic rings. The van der Waals surface area contributed by atoms with Gasteiger partial charge in [-0.15, -0.1) is 0 Å². The molecular weight excluding hydrogens is 1120 g/mol. The molecular formula is C45H48Br4N2O8Pd. The number of phenolic OH excluding ortho intramolecular Hbond substituents is 3. The average Bonchev–Trinajstić information content (AvgIpc) is 3.17. The summed E-state index contributed by atoms with van der Waals surface area (Å²) in [6.07, 6.45) is 5.37. The number of aryl methyl sites for hydroxylation is 1. The normalized spacial score (nSPS) is 9.48. The van der Waals surface area contributed by atoms with Gasteiger partial charge in [-0.2, -0.15) is 0 Å². The molecule has 0 spiro atoms. The van der Waals surface area contributed by atoms with Gasteiger partial charge < -0.3 is 25.1 Å². The van der Waals surface area contributed by atoms with Gasteiger partial charge in [0, 0.05) is 96.0 Å². The van der Waals surface area contributed by atoms with Crippen molar-refractivity contribution < 1.29 is 59.7 Å². The predicted molar refractivity (Wildman–Crippen MR) is 247 cm³/mol. The maximum absolute atomic E-state index is 11.0. The Bertz CT molecular complexity index is 2070. The minimum absolute atomic E-state index is 0. The van der Waals surface area contributed by atoms with Gasteiger partial charge in [-0.3, -0.25) is 24.0 Å². The van der Waals surface area contributed by atoms with Crippen LogP contribution in [0.2, 0.25) is 0 Å². The van der Waals surface area contributed by atoms with Crippen LogP contribution in [0.3, 0.4) is 0 Å². The maximum atomic E-state index is 11.0. The third-order valence-electron chi connectivity index (χ3n) is 7.73. The zero-order valence-corrected chi connectivity index (χ0v) is 41.6. The second kappa shape index (κ2) is 31.0. The summed E-state index contributed by atoms with van der Waals surface area (Å²) < 4.78 is 3.49. The van der Waals surface area contributed by atoms with E-state index in [-0.39, 0.29) is 49.5 Å². The Balaban J connectivity index is 0.000000728. The van der Waals surface area contributed by atoms with Gasteiger partial charge in [0.05, 0.1) is 0 Å². The van der Waals surface area contributed by atoms with Crippen molar-refractivity contribution in [1.82, 2.24) is 9.80 Å². The molecule has 0 bridgehead atoms. The molecule has 10 nitrogen and oxygen atoms in total. The number of rotatable bonds is 10. The first-order chi connectivity index (χ1) is 27.9. The zero-order chi connectivity index (χ0) is 44.5. The summed E-state index contributed by atoms with van der Waals surface area (Å²) in [5, 5.41) is 27.1. The van der Waals surface area contributed by atoms with Crippen molar-refractivity contribution in [2.75, 3.05) is 14.1 Å². The third kappa shape index (κ3) is 25.0. The summed E-state index contributed by atoms with van der Waals surface area (Å²) in [6, 6.07) is 29.9. The molecule has 0 atom stereocenters. The minimum atomic E-state index is 0. The molecule has 60 heavy (non-hydrogen) atoms.